The Balaban J connectivity index is 2.18. The quantitative estimate of drug-likeness (QED) is 0.889. The Morgan fingerprint density at radius 2 is 2.11 bits per heavy atom. The van der Waals surface area contributed by atoms with Crippen molar-refractivity contribution in [3.63, 3.8) is 0 Å². The Hall–Kier alpha value is -0.620. The fourth-order valence-corrected chi connectivity index (χ4v) is 3.56. The number of hydrogen-bond acceptors (Lipinski definition) is 3. The van der Waals surface area contributed by atoms with Crippen LogP contribution in [0.4, 0.5) is 0 Å². The average molecular weight is 290 g/mol. The van der Waals surface area contributed by atoms with Crippen LogP contribution in [-0.4, -0.2) is 25.7 Å². The second-order valence-electron chi connectivity index (χ2n) is 4.77. The third-order valence-corrected chi connectivity index (χ3v) is 5.34. The molecule has 18 heavy (non-hydrogen) atoms. The van der Waals surface area contributed by atoms with E-state index in [4.69, 9.17) is 11.6 Å². The molecule has 0 amide bonds. The molecular formula is C12H16ClNO3S. The molecule has 6 heteroatoms. The van der Waals surface area contributed by atoms with Gasteiger partial charge in [0.25, 0.3) is 0 Å². The van der Waals surface area contributed by atoms with Crippen LogP contribution in [0.25, 0.3) is 0 Å². The molecule has 1 aliphatic rings. The van der Waals surface area contributed by atoms with E-state index in [0.717, 1.165) is 6.42 Å². The number of aliphatic hydroxyl groups is 1. The first kappa shape index (κ1) is 13.8. The predicted octanol–water partition coefficient (Wildman–Crippen LogP) is 1.84. The summed E-state index contributed by atoms with van der Waals surface area (Å²) >= 11 is 5.91. The van der Waals surface area contributed by atoms with Crippen LogP contribution in [0.15, 0.2) is 23.1 Å². The fourth-order valence-electron chi connectivity index (χ4n) is 1.95. The normalized spacial score (nSPS) is 18.4. The molecule has 2 N–H and O–H groups in total. The van der Waals surface area contributed by atoms with Gasteiger partial charge in [-0.25, -0.2) is 13.1 Å². The van der Waals surface area contributed by atoms with Gasteiger partial charge in [-0.05, 0) is 43.9 Å². The molecule has 1 saturated carbocycles. The molecule has 0 aromatic heterocycles. The van der Waals surface area contributed by atoms with Crippen molar-refractivity contribution < 1.29 is 13.5 Å². The Morgan fingerprint density at radius 3 is 2.67 bits per heavy atom. The summed E-state index contributed by atoms with van der Waals surface area (Å²) in [5.41, 5.74) is -0.355. The summed E-state index contributed by atoms with van der Waals surface area (Å²) in [4.78, 5) is 0.165. The number of halogens is 1. The lowest BCUT2D eigenvalue weighted by atomic mass is 9.81. The molecule has 1 aliphatic carbocycles. The fraction of sp³-hybridized carbons (Fsp3) is 0.500. The molecular weight excluding hydrogens is 274 g/mol. The van der Waals surface area contributed by atoms with E-state index < -0.39 is 15.6 Å². The van der Waals surface area contributed by atoms with Gasteiger partial charge in [-0.3, -0.25) is 0 Å². The van der Waals surface area contributed by atoms with Crippen LogP contribution < -0.4 is 4.72 Å². The summed E-state index contributed by atoms with van der Waals surface area (Å²) in [5.74, 6) is 0. The van der Waals surface area contributed by atoms with Gasteiger partial charge in [0.1, 0.15) is 0 Å². The maximum absolute atomic E-state index is 12.1. The van der Waals surface area contributed by atoms with E-state index in [0.29, 0.717) is 23.4 Å². The van der Waals surface area contributed by atoms with Gasteiger partial charge in [-0.1, -0.05) is 17.7 Å². The van der Waals surface area contributed by atoms with Gasteiger partial charge in [0, 0.05) is 11.6 Å². The summed E-state index contributed by atoms with van der Waals surface area (Å²) in [7, 11) is -3.62. The molecule has 0 aliphatic heterocycles. The third-order valence-electron chi connectivity index (χ3n) is 3.38. The minimum Gasteiger partial charge on any atom is -0.389 e. The molecule has 0 bridgehead atoms. The zero-order valence-corrected chi connectivity index (χ0v) is 11.7. The van der Waals surface area contributed by atoms with Crippen LogP contribution in [0.1, 0.15) is 24.8 Å². The van der Waals surface area contributed by atoms with Crippen molar-refractivity contribution in [1.82, 2.24) is 4.72 Å². The van der Waals surface area contributed by atoms with Crippen molar-refractivity contribution in [2.45, 2.75) is 36.7 Å². The Labute approximate surface area is 112 Å². The van der Waals surface area contributed by atoms with Crippen molar-refractivity contribution in [1.29, 1.82) is 0 Å². The number of benzene rings is 1. The van der Waals surface area contributed by atoms with E-state index in [2.05, 4.69) is 4.72 Å². The first-order valence-corrected chi connectivity index (χ1v) is 7.67. The van der Waals surface area contributed by atoms with Crippen LogP contribution in [0.2, 0.25) is 5.02 Å². The van der Waals surface area contributed by atoms with Crippen molar-refractivity contribution in [2.24, 2.45) is 0 Å². The zero-order chi connectivity index (χ0) is 13.4. The SMILES string of the molecule is Cc1c(Cl)cccc1S(=O)(=O)NCC1(O)CCC1. The van der Waals surface area contributed by atoms with E-state index in [1.165, 1.54) is 6.07 Å². The van der Waals surface area contributed by atoms with Gasteiger partial charge in [-0.2, -0.15) is 0 Å². The summed E-state index contributed by atoms with van der Waals surface area (Å²) in [5, 5.41) is 10.3. The first-order chi connectivity index (χ1) is 8.34. The summed E-state index contributed by atoms with van der Waals surface area (Å²) in [6.45, 7) is 1.72. The minimum atomic E-state index is -3.62. The molecule has 0 heterocycles. The second kappa shape index (κ2) is 4.81. The van der Waals surface area contributed by atoms with Crippen molar-refractivity contribution >= 4 is 21.6 Å². The van der Waals surface area contributed by atoms with Crippen LogP contribution >= 0.6 is 11.6 Å². The van der Waals surface area contributed by atoms with E-state index in [1.807, 2.05) is 0 Å². The number of hydrogen-bond donors (Lipinski definition) is 2. The number of nitrogens with one attached hydrogen (secondary N) is 1. The zero-order valence-electron chi connectivity index (χ0n) is 10.1. The van der Waals surface area contributed by atoms with Crippen LogP contribution in [-0.2, 0) is 10.0 Å². The lowest BCUT2D eigenvalue weighted by Crippen LogP contribution is -2.47. The molecule has 1 aromatic rings. The van der Waals surface area contributed by atoms with Gasteiger partial charge in [0.2, 0.25) is 10.0 Å². The van der Waals surface area contributed by atoms with Gasteiger partial charge < -0.3 is 5.11 Å². The molecule has 0 unspecified atom stereocenters. The molecule has 1 aromatic carbocycles. The van der Waals surface area contributed by atoms with Crippen LogP contribution in [0.5, 0.6) is 0 Å². The van der Waals surface area contributed by atoms with Crippen molar-refractivity contribution in [3.05, 3.63) is 28.8 Å². The highest BCUT2D eigenvalue weighted by molar-refractivity contribution is 7.89. The monoisotopic (exact) mass is 289 g/mol. The highest BCUT2D eigenvalue weighted by atomic mass is 35.5. The van der Waals surface area contributed by atoms with E-state index in [-0.39, 0.29) is 11.4 Å². The lowest BCUT2D eigenvalue weighted by molar-refractivity contribution is -0.0270. The Kier molecular flexibility index (Phi) is 3.69. The Bertz CT molecular complexity index is 552. The van der Waals surface area contributed by atoms with Crippen molar-refractivity contribution in [2.75, 3.05) is 6.54 Å². The largest absolute Gasteiger partial charge is 0.389 e. The molecule has 0 atom stereocenters. The smallest absolute Gasteiger partial charge is 0.240 e. The summed E-state index contributed by atoms with van der Waals surface area (Å²) in [6, 6.07) is 4.76. The number of rotatable bonds is 4. The maximum Gasteiger partial charge on any atom is 0.240 e. The molecule has 4 nitrogen and oxygen atoms in total. The summed E-state index contributed by atoms with van der Waals surface area (Å²) in [6.07, 6.45) is 2.22. The van der Waals surface area contributed by atoms with E-state index >= 15 is 0 Å². The van der Waals surface area contributed by atoms with Crippen molar-refractivity contribution in [3.8, 4) is 0 Å². The van der Waals surface area contributed by atoms with Crippen LogP contribution in [0.3, 0.4) is 0 Å². The average Bonchev–Trinajstić information content (AvgIpc) is 2.27. The lowest BCUT2D eigenvalue weighted by Gasteiger charge is -2.36. The topological polar surface area (TPSA) is 66.4 Å². The van der Waals surface area contributed by atoms with Gasteiger partial charge in [-0.15, -0.1) is 0 Å². The Morgan fingerprint density at radius 1 is 1.44 bits per heavy atom. The molecule has 100 valence electrons. The van der Waals surface area contributed by atoms with Crippen LogP contribution in [0, 0.1) is 6.92 Å². The van der Waals surface area contributed by atoms with Gasteiger partial charge >= 0.3 is 0 Å². The van der Waals surface area contributed by atoms with Gasteiger partial charge in [0.15, 0.2) is 0 Å². The third kappa shape index (κ3) is 2.69. The minimum absolute atomic E-state index is 0.0568. The number of sulfonamides is 1. The molecule has 0 spiro atoms. The first-order valence-electron chi connectivity index (χ1n) is 5.81. The standard InChI is InChI=1S/C12H16ClNO3S/c1-9-10(13)4-2-5-11(9)18(16,17)14-8-12(15)6-3-7-12/h2,4-5,14-15H,3,6-8H2,1H3. The molecule has 2 rings (SSSR count). The molecule has 1 fully saturated rings. The highest BCUT2D eigenvalue weighted by Crippen LogP contribution is 2.31. The highest BCUT2D eigenvalue weighted by Gasteiger charge is 2.35. The molecule has 0 saturated heterocycles. The predicted molar refractivity (Wildman–Crippen MR) is 70.2 cm³/mol. The van der Waals surface area contributed by atoms with Gasteiger partial charge in [0.05, 0.1) is 10.5 Å². The van der Waals surface area contributed by atoms with E-state index in [1.54, 1.807) is 19.1 Å². The maximum atomic E-state index is 12.1. The van der Waals surface area contributed by atoms with E-state index in [9.17, 15) is 13.5 Å². The summed E-state index contributed by atoms with van der Waals surface area (Å²) < 4.78 is 26.7. The second-order valence-corrected chi connectivity index (χ2v) is 6.91. The molecule has 0 radical (unpaired) electrons.